The van der Waals surface area contributed by atoms with Gasteiger partial charge in [0.2, 0.25) is 10.0 Å². The maximum absolute atomic E-state index is 11.9. The van der Waals surface area contributed by atoms with Gasteiger partial charge in [-0.2, -0.15) is 0 Å². The highest BCUT2D eigenvalue weighted by atomic mass is 32.2. The summed E-state index contributed by atoms with van der Waals surface area (Å²) < 4.78 is 30.8. The van der Waals surface area contributed by atoms with Crippen LogP contribution in [0.15, 0.2) is 24.3 Å². The number of anilines is 1. The Morgan fingerprint density at radius 1 is 1.32 bits per heavy atom. The Morgan fingerprint density at radius 3 is 2.26 bits per heavy atom. The molecule has 0 saturated carbocycles. The van der Waals surface area contributed by atoms with Gasteiger partial charge in [0.25, 0.3) is 0 Å². The molecule has 0 fully saturated rings. The van der Waals surface area contributed by atoms with Crippen LogP contribution in [0.4, 0.5) is 5.69 Å². The number of rotatable bonds is 5. The first-order chi connectivity index (χ1) is 8.62. The van der Waals surface area contributed by atoms with Gasteiger partial charge >= 0.3 is 0 Å². The summed E-state index contributed by atoms with van der Waals surface area (Å²) in [5.41, 5.74) is 5.80. The van der Waals surface area contributed by atoms with E-state index < -0.39 is 14.8 Å². The van der Waals surface area contributed by atoms with Gasteiger partial charge < -0.3 is 10.5 Å². The molecule has 0 bridgehead atoms. The molecule has 0 saturated heterocycles. The van der Waals surface area contributed by atoms with Gasteiger partial charge in [0.05, 0.1) is 4.75 Å². The summed E-state index contributed by atoms with van der Waals surface area (Å²) in [5.74, 6) is 0.575. The lowest BCUT2D eigenvalue weighted by Gasteiger charge is -2.20. The first-order valence-electron chi connectivity index (χ1n) is 5.65. The molecular formula is C12H18N2O3S2. The molecule has 0 aliphatic rings. The van der Waals surface area contributed by atoms with E-state index in [9.17, 15) is 8.42 Å². The van der Waals surface area contributed by atoms with Gasteiger partial charge in [-0.15, -0.1) is 0 Å². The third-order valence-electron chi connectivity index (χ3n) is 2.29. The number of ether oxygens (including phenoxy) is 1. The molecule has 106 valence electrons. The Bertz CT molecular complexity index is 545. The van der Waals surface area contributed by atoms with Crippen molar-refractivity contribution >= 4 is 32.9 Å². The molecule has 7 heteroatoms. The molecule has 0 unspecified atom stereocenters. The lowest BCUT2D eigenvalue weighted by atomic mass is 10.3. The predicted octanol–water partition coefficient (Wildman–Crippen LogP) is 1.89. The standard InChI is InChI=1S/C12H18N2O3S2/c1-12(2,3)19(15,16)14-9-4-6-10(7-5-9)17-8-11(13)18/h4-7,14H,8H2,1-3H3,(H2,13,18). The Morgan fingerprint density at radius 2 is 1.84 bits per heavy atom. The van der Waals surface area contributed by atoms with E-state index in [4.69, 9.17) is 22.7 Å². The van der Waals surface area contributed by atoms with Crippen molar-refractivity contribution in [3.05, 3.63) is 24.3 Å². The molecule has 0 heterocycles. The fourth-order valence-electron chi connectivity index (χ4n) is 1.08. The molecule has 0 atom stereocenters. The molecule has 5 nitrogen and oxygen atoms in total. The first kappa shape index (κ1) is 15.7. The first-order valence-corrected chi connectivity index (χ1v) is 7.54. The summed E-state index contributed by atoms with van der Waals surface area (Å²) in [6.45, 7) is 5.06. The van der Waals surface area contributed by atoms with Crippen LogP contribution in [0, 0.1) is 0 Å². The summed E-state index contributed by atoms with van der Waals surface area (Å²) in [6.07, 6.45) is 0. The van der Waals surface area contributed by atoms with Crippen LogP contribution in [0.1, 0.15) is 20.8 Å². The summed E-state index contributed by atoms with van der Waals surface area (Å²) in [7, 11) is -3.42. The Labute approximate surface area is 119 Å². The summed E-state index contributed by atoms with van der Waals surface area (Å²) >= 11 is 4.69. The van der Waals surface area contributed by atoms with E-state index >= 15 is 0 Å². The van der Waals surface area contributed by atoms with Gasteiger partial charge in [-0.25, -0.2) is 8.42 Å². The van der Waals surface area contributed by atoms with Crippen molar-refractivity contribution in [2.24, 2.45) is 5.73 Å². The molecule has 19 heavy (non-hydrogen) atoms. The highest BCUT2D eigenvalue weighted by molar-refractivity contribution is 7.94. The van der Waals surface area contributed by atoms with Gasteiger partial charge in [0.1, 0.15) is 17.3 Å². The van der Waals surface area contributed by atoms with Gasteiger partial charge in [-0.05, 0) is 45.0 Å². The molecular weight excluding hydrogens is 284 g/mol. The number of thiocarbonyl (C=S) groups is 1. The number of hydrogen-bond acceptors (Lipinski definition) is 4. The van der Waals surface area contributed by atoms with Crippen LogP contribution in [0.5, 0.6) is 5.75 Å². The molecule has 0 radical (unpaired) electrons. The zero-order valence-electron chi connectivity index (χ0n) is 11.1. The topological polar surface area (TPSA) is 81.4 Å². The van der Waals surface area contributed by atoms with E-state index in [0.717, 1.165) is 0 Å². The number of hydrogen-bond donors (Lipinski definition) is 2. The Balaban J connectivity index is 2.75. The Kier molecular flexibility index (Phi) is 4.75. The smallest absolute Gasteiger partial charge is 0.237 e. The fraction of sp³-hybridized carbons (Fsp3) is 0.417. The lowest BCUT2D eigenvalue weighted by molar-refractivity contribution is 0.377. The summed E-state index contributed by atoms with van der Waals surface area (Å²) in [4.78, 5) is 0.262. The highest BCUT2D eigenvalue weighted by Crippen LogP contribution is 2.21. The number of benzene rings is 1. The monoisotopic (exact) mass is 302 g/mol. The second-order valence-corrected chi connectivity index (χ2v) is 7.96. The van der Waals surface area contributed by atoms with E-state index in [0.29, 0.717) is 11.4 Å². The summed E-state index contributed by atoms with van der Waals surface area (Å²) in [5, 5.41) is 0. The number of nitrogens with one attached hydrogen (secondary N) is 1. The summed E-state index contributed by atoms with van der Waals surface area (Å²) in [6, 6.07) is 6.55. The second-order valence-electron chi connectivity index (χ2n) is 5.00. The zero-order chi connectivity index (χ0) is 14.7. The average molecular weight is 302 g/mol. The number of sulfonamides is 1. The second kappa shape index (κ2) is 5.75. The average Bonchev–Trinajstić information content (AvgIpc) is 2.26. The molecule has 0 aliphatic heterocycles. The van der Waals surface area contributed by atoms with E-state index in [1.807, 2.05) is 0 Å². The van der Waals surface area contributed by atoms with Crippen molar-refractivity contribution in [1.29, 1.82) is 0 Å². The Hall–Kier alpha value is -1.34. The number of nitrogens with two attached hydrogens (primary N) is 1. The van der Waals surface area contributed by atoms with E-state index in [1.54, 1.807) is 45.0 Å². The van der Waals surface area contributed by atoms with E-state index in [1.165, 1.54) is 0 Å². The molecule has 1 aromatic rings. The van der Waals surface area contributed by atoms with Crippen molar-refractivity contribution in [2.45, 2.75) is 25.5 Å². The van der Waals surface area contributed by atoms with Gasteiger partial charge in [0.15, 0.2) is 0 Å². The van der Waals surface area contributed by atoms with Crippen molar-refractivity contribution in [3.8, 4) is 5.75 Å². The van der Waals surface area contributed by atoms with Gasteiger partial charge in [-0.1, -0.05) is 12.2 Å². The van der Waals surface area contributed by atoms with Crippen LogP contribution in [0.3, 0.4) is 0 Å². The molecule has 1 aromatic carbocycles. The minimum Gasteiger partial charge on any atom is -0.487 e. The van der Waals surface area contributed by atoms with Crippen molar-refractivity contribution < 1.29 is 13.2 Å². The van der Waals surface area contributed by atoms with E-state index in [2.05, 4.69) is 4.72 Å². The van der Waals surface area contributed by atoms with Crippen molar-refractivity contribution in [1.82, 2.24) is 0 Å². The highest BCUT2D eigenvalue weighted by Gasteiger charge is 2.28. The lowest BCUT2D eigenvalue weighted by Crippen LogP contribution is -2.33. The molecule has 0 aromatic heterocycles. The molecule has 0 spiro atoms. The maximum Gasteiger partial charge on any atom is 0.237 e. The van der Waals surface area contributed by atoms with Crippen molar-refractivity contribution in [3.63, 3.8) is 0 Å². The van der Waals surface area contributed by atoms with Crippen LogP contribution in [-0.4, -0.2) is 24.8 Å². The molecule has 1 rings (SSSR count). The van der Waals surface area contributed by atoms with Crippen LogP contribution in [0.2, 0.25) is 0 Å². The van der Waals surface area contributed by atoms with E-state index in [-0.39, 0.29) is 11.6 Å². The third-order valence-corrected chi connectivity index (χ3v) is 4.53. The van der Waals surface area contributed by atoms with Crippen LogP contribution in [0.25, 0.3) is 0 Å². The molecule has 3 N–H and O–H groups in total. The third kappa shape index (κ3) is 4.68. The molecule has 0 aliphatic carbocycles. The molecule has 0 amide bonds. The largest absolute Gasteiger partial charge is 0.487 e. The minimum absolute atomic E-state index is 0.155. The normalized spacial score (nSPS) is 11.9. The maximum atomic E-state index is 11.9. The van der Waals surface area contributed by atoms with Crippen molar-refractivity contribution in [2.75, 3.05) is 11.3 Å². The van der Waals surface area contributed by atoms with Gasteiger partial charge in [0, 0.05) is 5.69 Å². The van der Waals surface area contributed by atoms with Crippen LogP contribution < -0.4 is 15.2 Å². The fourth-order valence-corrected chi connectivity index (χ4v) is 1.89. The minimum atomic E-state index is -3.42. The quantitative estimate of drug-likeness (QED) is 0.812. The SMILES string of the molecule is CC(C)(C)S(=O)(=O)Nc1ccc(OCC(N)=S)cc1. The van der Waals surface area contributed by atoms with Gasteiger partial charge in [-0.3, -0.25) is 4.72 Å². The zero-order valence-corrected chi connectivity index (χ0v) is 12.8. The van der Waals surface area contributed by atoms with Crippen LogP contribution in [-0.2, 0) is 10.0 Å². The van der Waals surface area contributed by atoms with Crippen LogP contribution >= 0.6 is 12.2 Å². The predicted molar refractivity (Wildman–Crippen MR) is 81.0 cm³/mol.